The van der Waals surface area contributed by atoms with E-state index in [-0.39, 0.29) is 36.2 Å². The van der Waals surface area contributed by atoms with Gasteiger partial charge < -0.3 is 16.0 Å². The zero-order valence-electron chi connectivity index (χ0n) is 14.2. The number of nitrogens with two attached hydrogens (primary N) is 1. The number of halogens is 1. The molecule has 6 heteroatoms. The van der Waals surface area contributed by atoms with Crippen LogP contribution in [0.4, 0.5) is 5.69 Å². The number of nitrogens with one attached hydrogen (secondary N) is 1. The minimum absolute atomic E-state index is 0. The first-order valence-corrected chi connectivity index (χ1v) is 8.31. The molecule has 5 nitrogen and oxygen atoms in total. The Morgan fingerprint density at radius 2 is 1.79 bits per heavy atom. The molecular weight excluding hydrogens is 326 g/mol. The van der Waals surface area contributed by atoms with E-state index in [4.69, 9.17) is 5.73 Å². The van der Waals surface area contributed by atoms with Gasteiger partial charge in [0.1, 0.15) is 0 Å². The van der Waals surface area contributed by atoms with E-state index in [2.05, 4.69) is 5.32 Å². The second-order valence-corrected chi connectivity index (χ2v) is 7.09. The molecule has 4 atom stereocenters. The lowest BCUT2D eigenvalue weighted by Crippen LogP contribution is -2.42. The average molecular weight is 352 g/mol. The number of rotatable bonds is 4. The summed E-state index contributed by atoms with van der Waals surface area (Å²) in [5, 5.41) is 2.99. The molecule has 3 rings (SSSR count). The molecule has 24 heavy (non-hydrogen) atoms. The van der Waals surface area contributed by atoms with E-state index in [0.717, 1.165) is 24.1 Å². The lowest BCUT2D eigenvalue weighted by Gasteiger charge is -2.27. The van der Waals surface area contributed by atoms with Gasteiger partial charge in [-0.1, -0.05) is 12.1 Å². The van der Waals surface area contributed by atoms with Crippen molar-refractivity contribution < 1.29 is 9.59 Å². The van der Waals surface area contributed by atoms with Crippen molar-refractivity contribution in [2.24, 2.45) is 23.5 Å². The predicted molar refractivity (Wildman–Crippen MR) is 97.0 cm³/mol. The quantitative estimate of drug-likeness (QED) is 0.871. The van der Waals surface area contributed by atoms with Crippen molar-refractivity contribution >= 4 is 29.9 Å². The Morgan fingerprint density at radius 1 is 1.17 bits per heavy atom. The third-order valence-corrected chi connectivity index (χ3v) is 5.36. The van der Waals surface area contributed by atoms with Crippen LogP contribution >= 0.6 is 12.4 Å². The standard InChI is InChI=1S/C18H25N3O2.ClH/c1-21(2)15(22)9-11-3-7-14(8-4-11)20-18(23)16-12-5-6-13(10-12)17(16)19;/h3-4,7-8,12-13,16-17H,5-6,9-10,19H2,1-2H3,(H,20,23);1H. The molecule has 2 aliphatic rings. The van der Waals surface area contributed by atoms with Crippen LogP contribution in [0.15, 0.2) is 24.3 Å². The summed E-state index contributed by atoms with van der Waals surface area (Å²) in [5.74, 6) is 1.03. The van der Waals surface area contributed by atoms with Gasteiger partial charge in [-0.2, -0.15) is 0 Å². The lowest BCUT2D eigenvalue weighted by atomic mass is 9.84. The molecule has 2 fully saturated rings. The molecule has 0 heterocycles. The van der Waals surface area contributed by atoms with Crippen LogP contribution in [0.1, 0.15) is 24.8 Å². The molecule has 2 saturated carbocycles. The van der Waals surface area contributed by atoms with Gasteiger partial charge >= 0.3 is 0 Å². The van der Waals surface area contributed by atoms with Gasteiger partial charge in [-0.25, -0.2) is 0 Å². The molecule has 1 aromatic carbocycles. The number of hydrogen-bond acceptors (Lipinski definition) is 3. The van der Waals surface area contributed by atoms with E-state index >= 15 is 0 Å². The Bertz CT molecular complexity index is 601. The number of carbonyl (C=O) groups is 2. The zero-order chi connectivity index (χ0) is 16.6. The summed E-state index contributed by atoms with van der Waals surface area (Å²) in [4.78, 5) is 25.8. The first-order chi connectivity index (χ1) is 11.0. The molecule has 2 aliphatic carbocycles. The maximum Gasteiger partial charge on any atom is 0.229 e. The van der Waals surface area contributed by atoms with Crippen molar-refractivity contribution in [2.75, 3.05) is 19.4 Å². The van der Waals surface area contributed by atoms with Gasteiger partial charge in [0.2, 0.25) is 11.8 Å². The number of carbonyl (C=O) groups excluding carboxylic acids is 2. The van der Waals surface area contributed by atoms with E-state index in [0.29, 0.717) is 18.3 Å². The Labute approximate surface area is 149 Å². The third-order valence-electron chi connectivity index (χ3n) is 5.36. The summed E-state index contributed by atoms with van der Waals surface area (Å²) < 4.78 is 0. The largest absolute Gasteiger partial charge is 0.349 e. The Morgan fingerprint density at radius 3 is 2.33 bits per heavy atom. The van der Waals surface area contributed by atoms with Gasteiger partial charge in [0.05, 0.1) is 12.3 Å². The number of hydrogen-bond donors (Lipinski definition) is 2. The number of amides is 2. The summed E-state index contributed by atoms with van der Waals surface area (Å²) in [6.07, 6.45) is 3.77. The van der Waals surface area contributed by atoms with Crippen LogP contribution < -0.4 is 11.1 Å². The van der Waals surface area contributed by atoms with Gasteiger partial charge in [0.15, 0.2) is 0 Å². The van der Waals surface area contributed by atoms with E-state index in [9.17, 15) is 9.59 Å². The fraction of sp³-hybridized carbons (Fsp3) is 0.556. The third kappa shape index (κ3) is 3.73. The summed E-state index contributed by atoms with van der Waals surface area (Å²) in [6.45, 7) is 0. The number of anilines is 1. The van der Waals surface area contributed by atoms with Crippen LogP contribution in [0.25, 0.3) is 0 Å². The zero-order valence-corrected chi connectivity index (χ0v) is 15.0. The van der Waals surface area contributed by atoms with Gasteiger partial charge in [0.25, 0.3) is 0 Å². The van der Waals surface area contributed by atoms with Crippen molar-refractivity contribution in [3.63, 3.8) is 0 Å². The van der Waals surface area contributed by atoms with Crippen LogP contribution in [-0.4, -0.2) is 36.9 Å². The molecule has 1 aromatic rings. The lowest BCUT2D eigenvalue weighted by molar-refractivity contribution is -0.128. The SMILES string of the molecule is CN(C)C(=O)Cc1ccc(NC(=O)C2C3CCC(C3)C2N)cc1.Cl. The highest BCUT2D eigenvalue weighted by Crippen LogP contribution is 2.47. The molecule has 2 amide bonds. The first kappa shape index (κ1) is 18.7. The second-order valence-electron chi connectivity index (χ2n) is 7.09. The first-order valence-electron chi connectivity index (χ1n) is 8.31. The minimum Gasteiger partial charge on any atom is -0.349 e. The molecule has 0 aliphatic heterocycles. The van der Waals surface area contributed by atoms with Gasteiger partial charge in [0, 0.05) is 25.8 Å². The summed E-state index contributed by atoms with van der Waals surface area (Å²) >= 11 is 0. The van der Waals surface area contributed by atoms with Crippen LogP contribution in [0.5, 0.6) is 0 Å². The molecule has 4 unspecified atom stereocenters. The maximum absolute atomic E-state index is 12.5. The Kier molecular flexibility index (Phi) is 5.88. The normalized spacial score (nSPS) is 27.5. The molecular formula is C18H26ClN3O2. The van der Waals surface area contributed by atoms with Gasteiger partial charge in [-0.05, 0) is 48.8 Å². The van der Waals surface area contributed by atoms with E-state index in [1.54, 1.807) is 19.0 Å². The highest BCUT2D eigenvalue weighted by molar-refractivity contribution is 5.93. The predicted octanol–water partition coefficient (Wildman–Crippen LogP) is 2.05. The Balaban J connectivity index is 0.00000208. The van der Waals surface area contributed by atoms with Crippen LogP contribution in [0, 0.1) is 17.8 Å². The van der Waals surface area contributed by atoms with Crippen molar-refractivity contribution in [1.29, 1.82) is 0 Å². The van der Waals surface area contributed by atoms with E-state index in [1.165, 1.54) is 6.42 Å². The smallest absolute Gasteiger partial charge is 0.229 e. The fourth-order valence-electron chi connectivity index (χ4n) is 3.99. The fourth-order valence-corrected chi connectivity index (χ4v) is 3.99. The maximum atomic E-state index is 12.5. The van der Waals surface area contributed by atoms with Crippen LogP contribution in [0.2, 0.25) is 0 Å². The average Bonchev–Trinajstić information content (AvgIpc) is 3.09. The molecule has 0 spiro atoms. The monoisotopic (exact) mass is 351 g/mol. The second kappa shape index (κ2) is 7.53. The summed E-state index contributed by atoms with van der Waals surface area (Å²) in [7, 11) is 3.49. The number of nitrogens with zero attached hydrogens (tertiary/aromatic N) is 1. The highest BCUT2D eigenvalue weighted by Gasteiger charge is 2.49. The molecule has 0 saturated heterocycles. The minimum atomic E-state index is -0.0521. The van der Waals surface area contributed by atoms with Crippen molar-refractivity contribution in [1.82, 2.24) is 4.90 Å². The molecule has 132 valence electrons. The van der Waals surface area contributed by atoms with E-state index in [1.807, 2.05) is 24.3 Å². The summed E-state index contributed by atoms with van der Waals surface area (Å²) in [6, 6.07) is 7.49. The highest BCUT2D eigenvalue weighted by atomic mass is 35.5. The van der Waals surface area contributed by atoms with Crippen LogP contribution in [-0.2, 0) is 16.0 Å². The number of benzene rings is 1. The summed E-state index contributed by atoms with van der Waals surface area (Å²) in [5.41, 5.74) is 7.94. The van der Waals surface area contributed by atoms with Crippen LogP contribution in [0.3, 0.4) is 0 Å². The molecule has 0 aromatic heterocycles. The number of likely N-dealkylation sites (N-methyl/N-ethyl adjacent to an activating group) is 1. The van der Waals surface area contributed by atoms with Gasteiger partial charge in [-0.3, -0.25) is 9.59 Å². The number of fused-ring (bicyclic) bond motifs is 2. The Hall–Kier alpha value is -1.59. The van der Waals surface area contributed by atoms with Gasteiger partial charge in [-0.15, -0.1) is 12.4 Å². The van der Waals surface area contributed by atoms with E-state index < -0.39 is 0 Å². The topological polar surface area (TPSA) is 75.4 Å². The van der Waals surface area contributed by atoms with Crippen molar-refractivity contribution in [2.45, 2.75) is 31.7 Å². The van der Waals surface area contributed by atoms with Crippen molar-refractivity contribution in [3.05, 3.63) is 29.8 Å². The molecule has 2 bridgehead atoms. The molecule has 3 N–H and O–H groups in total. The van der Waals surface area contributed by atoms with Crippen molar-refractivity contribution in [3.8, 4) is 0 Å². The molecule has 0 radical (unpaired) electrons.